The maximum Gasteiger partial charge on any atom is 0.0788 e. The van der Waals surface area contributed by atoms with Crippen LogP contribution in [-0.2, 0) is 9.47 Å². The van der Waals surface area contributed by atoms with Gasteiger partial charge in [0, 0.05) is 6.42 Å². The summed E-state index contributed by atoms with van der Waals surface area (Å²) in [5.41, 5.74) is 0. The van der Waals surface area contributed by atoms with Crippen LogP contribution in [0.15, 0.2) is 24.3 Å². The minimum atomic E-state index is 0.280. The second-order valence-electron chi connectivity index (χ2n) is 2.84. The Labute approximate surface area is 66.5 Å². The fraction of sp³-hybridized carbons (Fsp3) is 0.556. The highest BCUT2D eigenvalue weighted by molar-refractivity contribution is 5.02. The lowest BCUT2D eigenvalue weighted by Crippen LogP contribution is -2.15. The molecule has 2 heterocycles. The highest BCUT2D eigenvalue weighted by Gasteiger charge is 2.17. The zero-order valence-electron chi connectivity index (χ0n) is 6.40. The predicted octanol–water partition coefficient (Wildman–Crippen LogP) is 1.29. The quantitative estimate of drug-likeness (QED) is 0.555. The van der Waals surface area contributed by atoms with Gasteiger partial charge in [-0.2, -0.15) is 0 Å². The third kappa shape index (κ3) is 1.70. The van der Waals surface area contributed by atoms with Crippen LogP contribution in [0.2, 0.25) is 0 Å². The molecule has 60 valence electrons. The van der Waals surface area contributed by atoms with Crippen molar-refractivity contribution in [3.63, 3.8) is 0 Å². The lowest BCUT2D eigenvalue weighted by atomic mass is 10.1. The summed E-state index contributed by atoms with van der Waals surface area (Å²) in [5, 5.41) is 0. The van der Waals surface area contributed by atoms with Crippen LogP contribution in [0.25, 0.3) is 0 Å². The largest absolute Gasteiger partial charge is 0.370 e. The molecule has 2 nitrogen and oxygen atoms in total. The van der Waals surface area contributed by atoms with Crippen molar-refractivity contribution < 1.29 is 9.47 Å². The Morgan fingerprint density at radius 1 is 1.00 bits per heavy atom. The minimum Gasteiger partial charge on any atom is -0.370 e. The average molecular weight is 152 g/mol. The van der Waals surface area contributed by atoms with E-state index in [1.807, 2.05) is 0 Å². The van der Waals surface area contributed by atoms with E-state index >= 15 is 0 Å². The van der Waals surface area contributed by atoms with Crippen LogP contribution in [0, 0.1) is 0 Å². The molecule has 2 heteroatoms. The minimum absolute atomic E-state index is 0.280. The van der Waals surface area contributed by atoms with Crippen molar-refractivity contribution >= 4 is 0 Å². The maximum absolute atomic E-state index is 5.39. The molecule has 0 radical (unpaired) electrons. The van der Waals surface area contributed by atoms with E-state index in [9.17, 15) is 0 Å². The Balaban J connectivity index is 1.80. The summed E-state index contributed by atoms with van der Waals surface area (Å²) in [6.45, 7) is 1.53. The van der Waals surface area contributed by atoms with Gasteiger partial charge in [-0.15, -0.1) is 0 Å². The van der Waals surface area contributed by atoms with Gasteiger partial charge in [0.25, 0.3) is 0 Å². The molecule has 2 atom stereocenters. The van der Waals surface area contributed by atoms with Crippen molar-refractivity contribution in [2.45, 2.75) is 18.6 Å². The Kier molecular flexibility index (Phi) is 2.06. The summed E-state index contributed by atoms with van der Waals surface area (Å²) < 4.78 is 10.8. The Hall–Kier alpha value is -0.600. The smallest absolute Gasteiger partial charge is 0.0788 e. The summed E-state index contributed by atoms with van der Waals surface area (Å²) in [4.78, 5) is 0. The van der Waals surface area contributed by atoms with Crippen molar-refractivity contribution in [1.29, 1.82) is 0 Å². The van der Waals surface area contributed by atoms with Gasteiger partial charge in [-0.05, 0) is 0 Å². The van der Waals surface area contributed by atoms with Crippen molar-refractivity contribution in [2.75, 3.05) is 13.2 Å². The van der Waals surface area contributed by atoms with E-state index in [2.05, 4.69) is 24.3 Å². The van der Waals surface area contributed by atoms with Gasteiger partial charge < -0.3 is 9.47 Å². The molecule has 0 saturated carbocycles. The highest BCUT2D eigenvalue weighted by atomic mass is 16.5. The van der Waals surface area contributed by atoms with Gasteiger partial charge >= 0.3 is 0 Å². The molecule has 2 aliphatic heterocycles. The molecule has 0 spiro atoms. The van der Waals surface area contributed by atoms with Gasteiger partial charge in [-0.25, -0.2) is 0 Å². The van der Waals surface area contributed by atoms with Crippen LogP contribution >= 0.6 is 0 Å². The van der Waals surface area contributed by atoms with Crippen molar-refractivity contribution in [1.82, 2.24) is 0 Å². The molecule has 2 unspecified atom stereocenters. The van der Waals surface area contributed by atoms with E-state index < -0.39 is 0 Å². The first-order valence-electron chi connectivity index (χ1n) is 4.02. The molecule has 11 heavy (non-hydrogen) atoms. The third-order valence-corrected chi connectivity index (χ3v) is 1.98. The van der Waals surface area contributed by atoms with Crippen LogP contribution in [-0.4, -0.2) is 25.4 Å². The summed E-state index contributed by atoms with van der Waals surface area (Å²) in [7, 11) is 0. The number of ether oxygens (including phenoxy) is 2. The van der Waals surface area contributed by atoms with Gasteiger partial charge in [0.15, 0.2) is 0 Å². The molecule has 0 aliphatic carbocycles. The highest BCUT2D eigenvalue weighted by Crippen LogP contribution is 2.15. The molecule has 0 aromatic heterocycles. The van der Waals surface area contributed by atoms with E-state index in [4.69, 9.17) is 9.47 Å². The average Bonchev–Trinajstić information content (AvgIpc) is 2.60. The first-order valence-corrected chi connectivity index (χ1v) is 4.02. The third-order valence-electron chi connectivity index (χ3n) is 1.98. The second-order valence-corrected chi connectivity index (χ2v) is 2.84. The normalized spacial score (nSPS) is 35.3. The molecule has 0 fully saturated rings. The first kappa shape index (κ1) is 7.07. The molecule has 2 rings (SSSR count). The van der Waals surface area contributed by atoms with Gasteiger partial charge in [-0.1, -0.05) is 24.3 Å². The Morgan fingerprint density at radius 3 is 1.91 bits per heavy atom. The fourth-order valence-electron chi connectivity index (χ4n) is 1.41. The van der Waals surface area contributed by atoms with Crippen LogP contribution < -0.4 is 0 Å². The molecule has 0 N–H and O–H groups in total. The predicted molar refractivity (Wildman–Crippen MR) is 42.4 cm³/mol. The van der Waals surface area contributed by atoms with Crippen LogP contribution in [0.3, 0.4) is 0 Å². The van der Waals surface area contributed by atoms with Crippen LogP contribution in [0.1, 0.15) is 6.42 Å². The first-order chi connectivity index (χ1) is 5.45. The van der Waals surface area contributed by atoms with E-state index in [1.165, 1.54) is 0 Å². The monoisotopic (exact) mass is 152 g/mol. The van der Waals surface area contributed by atoms with E-state index in [0.717, 1.165) is 19.6 Å². The SMILES string of the molecule is C1=CC(CC2C=CCO2)OC1. The molecule has 0 saturated heterocycles. The zero-order valence-corrected chi connectivity index (χ0v) is 6.40. The van der Waals surface area contributed by atoms with Gasteiger partial charge in [-0.3, -0.25) is 0 Å². The fourth-order valence-corrected chi connectivity index (χ4v) is 1.41. The van der Waals surface area contributed by atoms with Crippen LogP contribution in [0.5, 0.6) is 0 Å². The summed E-state index contributed by atoms with van der Waals surface area (Å²) >= 11 is 0. The summed E-state index contributed by atoms with van der Waals surface area (Å²) in [5.74, 6) is 0. The Morgan fingerprint density at radius 2 is 1.55 bits per heavy atom. The maximum atomic E-state index is 5.39. The number of hydrogen-bond acceptors (Lipinski definition) is 2. The molecule has 2 aliphatic rings. The van der Waals surface area contributed by atoms with Crippen molar-refractivity contribution in [3.05, 3.63) is 24.3 Å². The van der Waals surface area contributed by atoms with Gasteiger partial charge in [0.2, 0.25) is 0 Å². The lowest BCUT2D eigenvalue weighted by Gasteiger charge is -2.12. The number of rotatable bonds is 2. The van der Waals surface area contributed by atoms with E-state index in [-0.39, 0.29) is 12.2 Å². The molecule has 0 aromatic carbocycles. The zero-order chi connectivity index (χ0) is 7.52. The molecule has 0 bridgehead atoms. The number of hydrogen-bond donors (Lipinski definition) is 0. The molecular formula is C9H12O2. The topological polar surface area (TPSA) is 18.5 Å². The van der Waals surface area contributed by atoms with Crippen LogP contribution in [0.4, 0.5) is 0 Å². The molecular weight excluding hydrogens is 140 g/mol. The molecule has 0 amide bonds. The van der Waals surface area contributed by atoms with Crippen molar-refractivity contribution in [2.24, 2.45) is 0 Å². The lowest BCUT2D eigenvalue weighted by molar-refractivity contribution is 0.0574. The van der Waals surface area contributed by atoms with Gasteiger partial charge in [0.1, 0.15) is 0 Å². The summed E-state index contributed by atoms with van der Waals surface area (Å²) in [6, 6.07) is 0. The van der Waals surface area contributed by atoms with Gasteiger partial charge in [0.05, 0.1) is 25.4 Å². The standard InChI is InChI=1S/C9H12O2/c1-3-8(10-5-1)7-9-4-2-6-11-9/h1-4,8-9H,5-7H2. The summed E-state index contributed by atoms with van der Waals surface area (Å²) in [6.07, 6.45) is 9.86. The van der Waals surface area contributed by atoms with Crippen molar-refractivity contribution in [3.8, 4) is 0 Å². The van der Waals surface area contributed by atoms with E-state index in [1.54, 1.807) is 0 Å². The molecule has 0 aromatic rings. The Bertz CT molecular complexity index is 164. The van der Waals surface area contributed by atoms with E-state index in [0.29, 0.717) is 0 Å². The second kappa shape index (κ2) is 3.20.